The molecule has 6 nitrogen and oxygen atoms in total. The van der Waals surface area contributed by atoms with Gasteiger partial charge in [-0.2, -0.15) is 0 Å². The Morgan fingerprint density at radius 3 is 2.65 bits per heavy atom. The van der Waals surface area contributed by atoms with Crippen molar-refractivity contribution in [2.24, 2.45) is 0 Å². The molecule has 9 heteroatoms. The van der Waals surface area contributed by atoms with E-state index in [0.717, 1.165) is 49.7 Å². The van der Waals surface area contributed by atoms with Gasteiger partial charge < -0.3 is 15.0 Å². The van der Waals surface area contributed by atoms with E-state index in [2.05, 4.69) is 20.1 Å². The van der Waals surface area contributed by atoms with Crippen LogP contribution < -0.4 is 15.0 Å². The Balaban J connectivity index is 1.30. The molecule has 0 spiro atoms. The van der Waals surface area contributed by atoms with Gasteiger partial charge >= 0.3 is 0 Å². The Kier molecular flexibility index (Phi) is 6.43. The fraction of sp³-hybridized carbons (Fsp3) is 0.273. The molecule has 1 N–H and O–H groups in total. The number of carbonyl (C=O) groups is 1. The molecule has 0 atom stereocenters. The second kappa shape index (κ2) is 9.40. The maximum Gasteiger partial charge on any atom is 0.240 e. The van der Waals surface area contributed by atoms with E-state index < -0.39 is 11.6 Å². The van der Waals surface area contributed by atoms with Crippen LogP contribution in [0.15, 0.2) is 47.8 Å². The summed E-state index contributed by atoms with van der Waals surface area (Å²) in [6.07, 6.45) is 0. The lowest BCUT2D eigenvalue weighted by molar-refractivity contribution is -0.117. The number of carbonyl (C=O) groups excluding carboxylic acids is 1. The highest BCUT2D eigenvalue weighted by atomic mass is 32.1. The quantitative estimate of drug-likeness (QED) is 0.626. The summed E-state index contributed by atoms with van der Waals surface area (Å²) in [6.45, 7) is 3.36. The third kappa shape index (κ3) is 5.00. The van der Waals surface area contributed by atoms with Crippen LogP contribution in [0.1, 0.15) is 0 Å². The van der Waals surface area contributed by atoms with E-state index in [1.165, 1.54) is 17.4 Å². The Morgan fingerprint density at radius 2 is 1.90 bits per heavy atom. The van der Waals surface area contributed by atoms with Crippen molar-refractivity contribution in [1.29, 1.82) is 0 Å². The lowest BCUT2D eigenvalue weighted by Crippen LogP contribution is -2.48. The predicted octanol–water partition coefficient (Wildman–Crippen LogP) is 3.86. The molecule has 3 aromatic rings. The van der Waals surface area contributed by atoms with Gasteiger partial charge in [0.25, 0.3) is 0 Å². The van der Waals surface area contributed by atoms with Crippen LogP contribution in [-0.2, 0) is 4.79 Å². The molecular weight excluding hydrogens is 422 g/mol. The number of thiazole rings is 1. The van der Waals surface area contributed by atoms with Crippen LogP contribution in [0, 0.1) is 11.6 Å². The number of methoxy groups -OCH3 is 1. The molecule has 0 bridgehead atoms. The number of aromatic nitrogens is 1. The number of hydrogen-bond acceptors (Lipinski definition) is 6. The van der Waals surface area contributed by atoms with Crippen molar-refractivity contribution < 1.29 is 18.3 Å². The van der Waals surface area contributed by atoms with Gasteiger partial charge in [0.1, 0.15) is 5.75 Å². The van der Waals surface area contributed by atoms with E-state index in [0.29, 0.717) is 16.4 Å². The van der Waals surface area contributed by atoms with E-state index in [1.807, 2.05) is 24.3 Å². The molecule has 0 unspecified atom stereocenters. The molecule has 0 radical (unpaired) electrons. The number of halogens is 2. The normalized spacial score (nSPS) is 14.5. The van der Waals surface area contributed by atoms with Crippen molar-refractivity contribution in [3.63, 3.8) is 0 Å². The van der Waals surface area contributed by atoms with Crippen molar-refractivity contribution >= 4 is 28.1 Å². The molecule has 2 heterocycles. The zero-order chi connectivity index (χ0) is 21.8. The molecule has 1 aliphatic heterocycles. The fourth-order valence-electron chi connectivity index (χ4n) is 3.52. The molecule has 1 saturated heterocycles. The summed E-state index contributed by atoms with van der Waals surface area (Å²) in [5, 5.41) is 4.92. The summed E-state index contributed by atoms with van der Waals surface area (Å²) in [6, 6.07) is 11.5. The minimum Gasteiger partial charge on any atom is -0.495 e. The van der Waals surface area contributed by atoms with Gasteiger partial charge in [0.2, 0.25) is 5.91 Å². The molecule has 1 fully saturated rings. The summed E-state index contributed by atoms with van der Waals surface area (Å²) in [7, 11) is 1.66. The minimum absolute atomic E-state index is 0.156. The van der Waals surface area contributed by atoms with Gasteiger partial charge in [-0.1, -0.05) is 12.1 Å². The van der Waals surface area contributed by atoms with E-state index in [9.17, 15) is 13.6 Å². The first-order valence-electron chi connectivity index (χ1n) is 9.84. The molecule has 2 aromatic carbocycles. The number of piperazine rings is 1. The maximum atomic E-state index is 13.4. The topological polar surface area (TPSA) is 57.7 Å². The van der Waals surface area contributed by atoms with E-state index >= 15 is 0 Å². The Hall–Kier alpha value is -3.04. The van der Waals surface area contributed by atoms with Gasteiger partial charge in [0.15, 0.2) is 16.8 Å². The highest BCUT2D eigenvalue weighted by Crippen LogP contribution is 2.29. The number of amides is 1. The van der Waals surface area contributed by atoms with E-state index in [1.54, 1.807) is 12.5 Å². The van der Waals surface area contributed by atoms with Crippen LogP contribution in [0.3, 0.4) is 0 Å². The first-order valence-corrected chi connectivity index (χ1v) is 10.7. The highest BCUT2D eigenvalue weighted by Gasteiger charge is 2.21. The number of ether oxygens (including phenoxy) is 1. The van der Waals surface area contributed by atoms with E-state index in [4.69, 9.17) is 4.74 Å². The van der Waals surface area contributed by atoms with Gasteiger partial charge in [-0.25, -0.2) is 13.8 Å². The molecule has 162 valence electrons. The first-order chi connectivity index (χ1) is 15.0. The number of nitrogens with zero attached hydrogens (tertiary/aromatic N) is 3. The number of hydrogen-bond donors (Lipinski definition) is 1. The molecule has 1 aromatic heterocycles. The highest BCUT2D eigenvalue weighted by molar-refractivity contribution is 7.14. The van der Waals surface area contributed by atoms with Crippen LogP contribution in [0.2, 0.25) is 0 Å². The zero-order valence-electron chi connectivity index (χ0n) is 17.0. The van der Waals surface area contributed by atoms with Crippen LogP contribution in [0.25, 0.3) is 11.3 Å². The van der Waals surface area contributed by atoms with Crippen LogP contribution >= 0.6 is 11.3 Å². The fourth-order valence-corrected chi connectivity index (χ4v) is 4.25. The second-order valence-corrected chi connectivity index (χ2v) is 8.01. The van der Waals surface area contributed by atoms with Crippen LogP contribution in [-0.4, -0.2) is 55.6 Å². The van der Waals surface area contributed by atoms with Gasteiger partial charge in [0.05, 0.1) is 25.0 Å². The van der Waals surface area contributed by atoms with Crippen LogP contribution in [0.4, 0.5) is 19.6 Å². The molecule has 31 heavy (non-hydrogen) atoms. The monoisotopic (exact) mass is 444 g/mol. The number of anilines is 2. The Labute approximate surface area is 183 Å². The lowest BCUT2D eigenvalue weighted by Gasteiger charge is -2.36. The van der Waals surface area contributed by atoms with Gasteiger partial charge in [0, 0.05) is 37.1 Å². The summed E-state index contributed by atoms with van der Waals surface area (Å²) in [5.41, 5.74) is 2.01. The van der Waals surface area contributed by atoms with Crippen molar-refractivity contribution in [3.8, 4) is 17.0 Å². The summed E-state index contributed by atoms with van der Waals surface area (Å²) < 4.78 is 32.0. The number of benzene rings is 2. The number of para-hydroxylation sites is 2. The maximum absolute atomic E-state index is 13.4. The van der Waals surface area contributed by atoms with Gasteiger partial charge in [-0.3, -0.25) is 9.69 Å². The average molecular weight is 445 g/mol. The summed E-state index contributed by atoms with van der Waals surface area (Å²) in [4.78, 5) is 21.1. The number of rotatable bonds is 6. The molecular formula is C22H22F2N4O2S. The second-order valence-electron chi connectivity index (χ2n) is 7.15. The van der Waals surface area contributed by atoms with Gasteiger partial charge in [-0.05, 0) is 30.3 Å². The SMILES string of the molecule is COc1ccccc1N1CCN(CC(=O)Nc2nc(-c3ccc(F)c(F)c3)cs2)CC1. The zero-order valence-corrected chi connectivity index (χ0v) is 17.8. The Morgan fingerprint density at radius 1 is 1.13 bits per heavy atom. The first kappa shape index (κ1) is 21.2. The lowest BCUT2D eigenvalue weighted by atomic mass is 10.2. The van der Waals surface area contributed by atoms with Gasteiger partial charge in [-0.15, -0.1) is 11.3 Å². The molecule has 4 rings (SSSR count). The minimum atomic E-state index is -0.927. The summed E-state index contributed by atoms with van der Waals surface area (Å²) in [5.74, 6) is -1.15. The third-order valence-electron chi connectivity index (χ3n) is 5.13. The third-order valence-corrected chi connectivity index (χ3v) is 5.89. The van der Waals surface area contributed by atoms with E-state index in [-0.39, 0.29) is 12.5 Å². The molecule has 0 aliphatic carbocycles. The smallest absolute Gasteiger partial charge is 0.240 e. The van der Waals surface area contributed by atoms with Crippen molar-refractivity contribution in [3.05, 3.63) is 59.5 Å². The molecule has 1 aliphatic rings. The largest absolute Gasteiger partial charge is 0.495 e. The predicted molar refractivity (Wildman–Crippen MR) is 118 cm³/mol. The summed E-state index contributed by atoms with van der Waals surface area (Å²) >= 11 is 1.25. The van der Waals surface area contributed by atoms with Crippen molar-refractivity contribution in [2.75, 3.05) is 50.1 Å². The average Bonchev–Trinajstić information content (AvgIpc) is 3.24. The van der Waals surface area contributed by atoms with Crippen molar-refractivity contribution in [2.45, 2.75) is 0 Å². The van der Waals surface area contributed by atoms with Crippen molar-refractivity contribution in [1.82, 2.24) is 9.88 Å². The standard InChI is InChI=1S/C22H22F2N4O2S/c1-30-20-5-3-2-4-19(20)28-10-8-27(9-11-28)13-21(29)26-22-25-18(14-31-22)15-6-7-16(23)17(24)12-15/h2-7,12,14H,8-11,13H2,1H3,(H,25,26,29). The van der Waals surface area contributed by atoms with Crippen LogP contribution in [0.5, 0.6) is 5.75 Å². The number of nitrogens with one attached hydrogen (secondary N) is 1. The Bertz CT molecular complexity index is 1070. The molecule has 1 amide bonds. The molecule has 0 saturated carbocycles.